The third kappa shape index (κ3) is 5.29. The summed E-state index contributed by atoms with van der Waals surface area (Å²) in [6, 6.07) is 21.6. The van der Waals surface area contributed by atoms with E-state index in [0.29, 0.717) is 34.7 Å². The Hall–Kier alpha value is -3.93. The maximum atomic E-state index is 12.4. The van der Waals surface area contributed by atoms with E-state index in [1.165, 1.54) is 0 Å². The van der Waals surface area contributed by atoms with Crippen LogP contribution in [0.1, 0.15) is 36.1 Å². The maximum absolute atomic E-state index is 12.4. The Bertz CT molecular complexity index is 1010. The van der Waals surface area contributed by atoms with Gasteiger partial charge in [0, 0.05) is 25.4 Å². The summed E-state index contributed by atoms with van der Waals surface area (Å²) in [7, 11) is 0. The normalized spacial score (nSPS) is 10.1. The van der Waals surface area contributed by atoms with Crippen molar-refractivity contribution in [3.05, 3.63) is 95.6 Å². The predicted octanol–water partition coefficient (Wildman–Crippen LogP) is 5.23. The van der Waals surface area contributed by atoms with Crippen molar-refractivity contribution in [2.24, 2.45) is 0 Å². The molecular weight excluding hydrogens is 368 g/mol. The van der Waals surface area contributed by atoms with E-state index < -0.39 is 12.0 Å². The second-order valence-corrected chi connectivity index (χ2v) is 6.15. The second kappa shape index (κ2) is 9.32. The fourth-order valence-electron chi connectivity index (χ4n) is 2.66. The molecule has 6 heteroatoms. The van der Waals surface area contributed by atoms with Crippen LogP contribution in [0.4, 0.5) is 16.2 Å². The van der Waals surface area contributed by atoms with E-state index in [2.05, 4.69) is 10.6 Å². The van der Waals surface area contributed by atoms with Crippen molar-refractivity contribution in [3.8, 4) is 0 Å². The van der Waals surface area contributed by atoms with Crippen LogP contribution in [0.2, 0.25) is 0 Å². The Morgan fingerprint density at radius 1 is 0.724 bits per heavy atom. The molecule has 0 saturated heterocycles. The first-order valence-electron chi connectivity index (χ1n) is 9.12. The topological polar surface area (TPSA) is 84.5 Å². The first-order chi connectivity index (χ1) is 14.1. The number of hydrogen-bond donors (Lipinski definition) is 2. The summed E-state index contributed by atoms with van der Waals surface area (Å²) in [4.78, 5) is 36.2. The van der Waals surface area contributed by atoms with Crippen LogP contribution in [-0.2, 0) is 4.74 Å². The van der Waals surface area contributed by atoms with Gasteiger partial charge in [0.2, 0.25) is 0 Å². The molecule has 0 aliphatic rings. The van der Waals surface area contributed by atoms with Gasteiger partial charge in [-0.25, -0.2) is 9.59 Å². The minimum atomic E-state index is -0.434. The Labute approximate surface area is 171 Å². The van der Waals surface area contributed by atoms with Gasteiger partial charge in [0.1, 0.15) is 0 Å². The molecule has 6 nitrogen and oxygen atoms in total. The molecular formula is C23H24N2O4. The number of benzene rings is 3. The predicted molar refractivity (Wildman–Crippen MR) is 116 cm³/mol. The van der Waals surface area contributed by atoms with E-state index >= 15 is 0 Å². The van der Waals surface area contributed by atoms with Gasteiger partial charge in [0.15, 0.2) is 5.78 Å². The van der Waals surface area contributed by atoms with Crippen molar-refractivity contribution in [1.29, 1.82) is 0 Å². The Morgan fingerprint density at radius 3 is 1.72 bits per heavy atom. The molecule has 0 unspecified atom stereocenters. The molecule has 0 aliphatic heterocycles. The van der Waals surface area contributed by atoms with Crippen LogP contribution in [0.15, 0.2) is 78.9 Å². The number of hydrogen-bond acceptors (Lipinski definition) is 4. The number of anilines is 2. The summed E-state index contributed by atoms with van der Waals surface area (Å²) in [5.41, 5.74) is 2.65. The molecule has 0 fully saturated rings. The molecule has 3 aromatic rings. The van der Waals surface area contributed by atoms with Gasteiger partial charge in [-0.1, -0.05) is 30.3 Å². The lowest BCUT2D eigenvalue weighted by atomic mass is 10.0. The van der Waals surface area contributed by atoms with E-state index in [9.17, 15) is 14.4 Å². The average Bonchev–Trinajstić information content (AvgIpc) is 2.75. The summed E-state index contributed by atoms with van der Waals surface area (Å²) in [5.74, 6) is -0.489. The summed E-state index contributed by atoms with van der Waals surface area (Å²) in [6.07, 6.45) is 0. The number of urea groups is 1. The molecule has 0 atom stereocenters. The van der Waals surface area contributed by atoms with E-state index in [4.69, 9.17) is 4.74 Å². The van der Waals surface area contributed by atoms with Crippen molar-refractivity contribution in [2.45, 2.75) is 6.92 Å². The lowest BCUT2D eigenvalue weighted by Crippen LogP contribution is -2.19. The standard InChI is InChI=1S/C23H20N2O4.2H2/c1-2-29-22(27)18-10-14-20(15-11-18)25-23(28)24-19-12-8-17(9-13-19)21(26)16-6-4-3-5-7-16;;/h3-15H,2H2,1H3,(H2,24,25,28);2*1H. The van der Waals surface area contributed by atoms with Gasteiger partial charge < -0.3 is 15.4 Å². The molecule has 0 radical (unpaired) electrons. The number of esters is 1. The summed E-state index contributed by atoms with van der Waals surface area (Å²) >= 11 is 0. The highest BCUT2D eigenvalue weighted by atomic mass is 16.5. The number of amides is 2. The van der Waals surface area contributed by atoms with Gasteiger partial charge in [-0.15, -0.1) is 0 Å². The highest BCUT2D eigenvalue weighted by molar-refractivity contribution is 6.09. The molecule has 0 heterocycles. The molecule has 3 rings (SSSR count). The fraction of sp³-hybridized carbons (Fsp3) is 0.0870. The van der Waals surface area contributed by atoms with Crippen LogP contribution < -0.4 is 10.6 Å². The van der Waals surface area contributed by atoms with Crippen LogP contribution in [0.25, 0.3) is 0 Å². The zero-order valence-electron chi connectivity index (χ0n) is 15.8. The van der Waals surface area contributed by atoms with Crippen molar-refractivity contribution in [1.82, 2.24) is 0 Å². The summed E-state index contributed by atoms with van der Waals surface area (Å²) in [5, 5.41) is 5.38. The molecule has 29 heavy (non-hydrogen) atoms. The number of carbonyl (C=O) groups is 3. The zero-order chi connectivity index (χ0) is 20.6. The maximum Gasteiger partial charge on any atom is 0.338 e. The molecule has 0 aromatic heterocycles. The number of ether oxygens (including phenoxy) is 1. The highest BCUT2D eigenvalue weighted by Crippen LogP contribution is 2.15. The van der Waals surface area contributed by atoms with Gasteiger partial charge >= 0.3 is 12.0 Å². The number of ketones is 1. The van der Waals surface area contributed by atoms with E-state index in [0.717, 1.165) is 0 Å². The molecule has 0 saturated carbocycles. The van der Waals surface area contributed by atoms with E-state index in [-0.39, 0.29) is 8.64 Å². The lowest BCUT2D eigenvalue weighted by Gasteiger charge is -2.09. The molecule has 0 spiro atoms. The third-order valence-corrected chi connectivity index (χ3v) is 4.09. The van der Waals surface area contributed by atoms with Gasteiger partial charge in [0.25, 0.3) is 0 Å². The van der Waals surface area contributed by atoms with Crippen LogP contribution in [-0.4, -0.2) is 24.4 Å². The second-order valence-electron chi connectivity index (χ2n) is 6.15. The van der Waals surface area contributed by atoms with Crippen molar-refractivity contribution < 1.29 is 22.0 Å². The van der Waals surface area contributed by atoms with Crippen LogP contribution >= 0.6 is 0 Å². The van der Waals surface area contributed by atoms with Gasteiger partial charge in [-0.05, 0) is 55.5 Å². The quantitative estimate of drug-likeness (QED) is 0.444. The highest BCUT2D eigenvalue weighted by Gasteiger charge is 2.10. The molecule has 150 valence electrons. The first kappa shape index (κ1) is 19.8. The molecule has 0 aliphatic carbocycles. The Morgan fingerprint density at radius 2 is 1.21 bits per heavy atom. The molecule has 0 bridgehead atoms. The lowest BCUT2D eigenvalue weighted by molar-refractivity contribution is 0.0526. The number of nitrogens with one attached hydrogen (secondary N) is 2. The third-order valence-electron chi connectivity index (χ3n) is 4.09. The Balaban J connectivity index is 0.00000240. The molecule has 2 N–H and O–H groups in total. The Kier molecular flexibility index (Phi) is 6.37. The largest absolute Gasteiger partial charge is 0.462 e. The minimum Gasteiger partial charge on any atom is -0.462 e. The van der Waals surface area contributed by atoms with Gasteiger partial charge in [0.05, 0.1) is 12.2 Å². The summed E-state index contributed by atoms with van der Waals surface area (Å²) in [6.45, 7) is 2.04. The van der Waals surface area contributed by atoms with Crippen molar-refractivity contribution in [2.75, 3.05) is 17.2 Å². The first-order valence-corrected chi connectivity index (χ1v) is 9.12. The smallest absolute Gasteiger partial charge is 0.338 e. The van der Waals surface area contributed by atoms with Crippen LogP contribution in [0.5, 0.6) is 0 Å². The van der Waals surface area contributed by atoms with Crippen LogP contribution in [0.3, 0.4) is 0 Å². The summed E-state index contributed by atoms with van der Waals surface area (Å²) < 4.78 is 4.92. The number of rotatable bonds is 6. The van der Waals surface area contributed by atoms with E-state index in [1.54, 1.807) is 67.6 Å². The fourth-order valence-corrected chi connectivity index (χ4v) is 2.66. The van der Waals surface area contributed by atoms with Gasteiger partial charge in [-0.2, -0.15) is 0 Å². The van der Waals surface area contributed by atoms with Gasteiger partial charge in [-0.3, -0.25) is 4.79 Å². The zero-order valence-corrected chi connectivity index (χ0v) is 15.8. The number of carbonyl (C=O) groups excluding carboxylic acids is 3. The van der Waals surface area contributed by atoms with Crippen molar-refractivity contribution >= 4 is 29.2 Å². The van der Waals surface area contributed by atoms with Crippen molar-refractivity contribution in [3.63, 3.8) is 0 Å². The minimum absolute atomic E-state index is 0. The monoisotopic (exact) mass is 392 g/mol. The van der Waals surface area contributed by atoms with Crippen LogP contribution in [0, 0.1) is 0 Å². The average molecular weight is 392 g/mol. The molecule has 3 aromatic carbocycles. The molecule has 2 amide bonds. The SMILES string of the molecule is CCOC(=O)c1ccc(NC(=O)Nc2ccc(C(=O)c3ccccc3)cc2)cc1.[HH].[HH]. The van der Waals surface area contributed by atoms with E-state index in [1.807, 2.05) is 18.2 Å².